The zero-order chi connectivity index (χ0) is 14.9. The average Bonchev–Trinajstić information content (AvgIpc) is 2.42. The second-order valence-corrected chi connectivity index (χ2v) is 4.92. The quantitative estimate of drug-likeness (QED) is 0.930. The third-order valence-corrected chi connectivity index (χ3v) is 3.38. The van der Waals surface area contributed by atoms with E-state index >= 15 is 0 Å². The Bertz CT molecular complexity index is 646. The van der Waals surface area contributed by atoms with Crippen LogP contribution < -0.4 is 10.5 Å². The molecule has 5 heteroatoms. The molecule has 0 aromatic heterocycles. The van der Waals surface area contributed by atoms with E-state index in [9.17, 15) is 8.78 Å². The van der Waals surface area contributed by atoms with Gasteiger partial charge in [0.1, 0.15) is 17.4 Å². The number of hydrogen-bond donors (Lipinski definition) is 1. The molecule has 20 heavy (non-hydrogen) atoms. The Hall–Kier alpha value is -1.65. The van der Waals surface area contributed by atoms with Crippen LogP contribution in [0.15, 0.2) is 30.3 Å². The van der Waals surface area contributed by atoms with Gasteiger partial charge >= 0.3 is 0 Å². The summed E-state index contributed by atoms with van der Waals surface area (Å²) in [6.07, 6.45) is 0. The molecule has 2 rings (SSSR count). The molecule has 1 unspecified atom stereocenters. The van der Waals surface area contributed by atoms with Crippen LogP contribution in [0.4, 0.5) is 8.78 Å². The summed E-state index contributed by atoms with van der Waals surface area (Å²) in [6.45, 7) is 1.56. The van der Waals surface area contributed by atoms with Crippen molar-refractivity contribution in [3.8, 4) is 5.75 Å². The third-order valence-electron chi connectivity index (χ3n) is 3.14. The second kappa shape index (κ2) is 5.77. The van der Waals surface area contributed by atoms with E-state index in [2.05, 4.69) is 0 Å². The number of methoxy groups -OCH3 is 1. The summed E-state index contributed by atoms with van der Waals surface area (Å²) in [5.74, 6) is -0.814. The van der Waals surface area contributed by atoms with Crippen molar-refractivity contribution in [2.75, 3.05) is 7.11 Å². The largest absolute Gasteiger partial charge is 0.496 e. The minimum absolute atomic E-state index is 0.213. The minimum atomic E-state index is -0.762. The molecule has 2 aromatic carbocycles. The van der Waals surface area contributed by atoms with Crippen LogP contribution in [0, 0.1) is 18.6 Å². The van der Waals surface area contributed by atoms with Crippen molar-refractivity contribution in [2.24, 2.45) is 5.73 Å². The first-order valence-corrected chi connectivity index (χ1v) is 6.36. The third kappa shape index (κ3) is 2.76. The summed E-state index contributed by atoms with van der Waals surface area (Å²) in [6, 6.07) is 6.40. The molecule has 0 saturated heterocycles. The second-order valence-electron chi connectivity index (χ2n) is 4.49. The fraction of sp³-hybridized carbons (Fsp3) is 0.200. The molecule has 1 atom stereocenters. The van der Waals surface area contributed by atoms with Crippen molar-refractivity contribution in [2.45, 2.75) is 13.0 Å². The van der Waals surface area contributed by atoms with Gasteiger partial charge in [-0.2, -0.15) is 0 Å². The highest BCUT2D eigenvalue weighted by atomic mass is 35.5. The summed E-state index contributed by atoms with van der Waals surface area (Å²) in [5, 5.41) is 0.494. The molecular weight excluding hydrogens is 284 g/mol. The monoisotopic (exact) mass is 297 g/mol. The summed E-state index contributed by atoms with van der Waals surface area (Å²) >= 11 is 5.88. The van der Waals surface area contributed by atoms with Crippen LogP contribution in [0.3, 0.4) is 0 Å². The van der Waals surface area contributed by atoms with Crippen LogP contribution >= 0.6 is 11.6 Å². The topological polar surface area (TPSA) is 35.2 Å². The smallest absolute Gasteiger partial charge is 0.131 e. The highest BCUT2D eigenvalue weighted by Gasteiger charge is 2.19. The van der Waals surface area contributed by atoms with Crippen LogP contribution in [0.2, 0.25) is 5.02 Å². The normalized spacial score (nSPS) is 12.3. The Labute approximate surface area is 121 Å². The van der Waals surface area contributed by atoms with Crippen LogP contribution in [0.1, 0.15) is 22.7 Å². The van der Waals surface area contributed by atoms with Gasteiger partial charge < -0.3 is 10.5 Å². The highest BCUT2D eigenvalue weighted by molar-refractivity contribution is 6.30. The van der Waals surface area contributed by atoms with Gasteiger partial charge in [0.15, 0.2) is 0 Å². The number of aryl methyl sites for hydroxylation is 1. The molecule has 0 aliphatic carbocycles. The molecule has 0 heterocycles. The SMILES string of the molecule is COc1cc(Cl)ccc1C(N)c1cc(C)c(F)cc1F. The fourth-order valence-corrected chi connectivity index (χ4v) is 2.19. The van der Waals surface area contributed by atoms with E-state index in [1.54, 1.807) is 25.1 Å². The van der Waals surface area contributed by atoms with Gasteiger partial charge in [-0.25, -0.2) is 8.78 Å². The van der Waals surface area contributed by atoms with Gasteiger partial charge in [-0.1, -0.05) is 17.7 Å². The van der Waals surface area contributed by atoms with Crippen molar-refractivity contribution in [3.63, 3.8) is 0 Å². The maximum atomic E-state index is 13.9. The molecule has 2 nitrogen and oxygen atoms in total. The van der Waals surface area contributed by atoms with Crippen molar-refractivity contribution < 1.29 is 13.5 Å². The maximum Gasteiger partial charge on any atom is 0.131 e. The first-order valence-electron chi connectivity index (χ1n) is 5.98. The van der Waals surface area contributed by atoms with E-state index < -0.39 is 17.7 Å². The van der Waals surface area contributed by atoms with E-state index in [1.807, 2.05) is 0 Å². The van der Waals surface area contributed by atoms with Crippen LogP contribution in [-0.4, -0.2) is 7.11 Å². The Morgan fingerprint density at radius 3 is 2.45 bits per heavy atom. The lowest BCUT2D eigenvalue weighted by Crippen LogP contribution is -2.15. The molecule has 0 saturated carbocycles. The molecule has 0 amide bonds. The standard InChI is InChI=1S/C15H14ClF2NO/c1-8-5-11(13(18)7-12(8)17)15(19)10-4-3-9(16)6-14(10)20-2/h3-7,15H,19H2,1-2H3. The van der Waals surface area contributed by atoms with Crippen LogP contribution in [0.5, 0.6) is 5.75 Å². The van der Waals surface area contributed by atoms with Crippen LogP contribution in [0.25, 0.3) is 0 Å². The van der Waals surface area contributed by atoms with Gasteiger partial charge in [0.25, 0.3) is 0 Å². The molecule has 0 bridgehead atoms. The van der Waals surface area contributed by atoms with E-state index in [1.165, 1.54) is 13.2 Å². The average molecular weight is 298 g/mol. The molecule has 2 N–H and O–H groups in total. The molecule has 2 aromatic rings. The highest BCUT2D eigenvalue weighted by Crippen LogP contribution is 2.32. The number of halogens is 3. The molecule has 0 radical (unpaired) electrons. The van der Waals surface area contributed by atoms with Crippen molar-refractivity contribution >= 4 is 11.6 Å². The summed E-state index contributed by atoms with van der Waals surface area (Å²) in [4.78, 5) is 0. The minimum Gasteiger partial charge on any atom is -0.496 e. The number of benzene rings is 2. The first-order chi connectivity index (χ1) is 9.43. The Balaban J connectivity index is 2.51. The predicted octanol–water partition coefficient (Wildman–Crippen LogP) is 3.98. The van der Waals surface area contributed by atoms with E-state index in [0.29, 0.717) is 21.9 Å². The van der Waals surface area contributed by atoms with Gasteiger partial charge in [-0.3, -0.25) is 0 Å². The van der Waals surface area contributed by atoms with E-state index in [4.69, 9.17) is 22.1 Å². The molecule has 0 aliphatic heterocycles. The first kappa shape index (κ1) is 14.8. The molecule has 106 valence electrons. The van der Waals surface area contributed by atoms with Gasteiger partial charge in [-0.05, 0) is 30.7 Å². The van der Waals surface area contributed by atoms with Crippen molar-refractivity contribution in [1.82, 2.24) is 0 Å². The summed E-state index contributed by atoms with van der Waals surface area (Å²) < 4.78 is 32.4. The lowest BCUT2D eigenvalue weighted by atomic mass is 9.96. The number of ether oxygens (including phenoxy) is 1. The molecule has 0 aliphatic rings. The van der Waals surface area contributed by atoms with Crippen LogP contribution in [-0.2, 0) is 0 Å². The van der Waals surface area contributed by atoms with E-state index in [-0.39, 0.29) is 5.56 Å². The number of rotatable bonds is 3. The zero-order valence-electron chi connectivity index (χ0n) is 11.1. The lowest BCUT2D eigenvalue weighted by molar-refractivity contribution is 0.407. The maximum absolute atomic E-state index is 13.9. The van der Waals surface area contributed by atoms with Gasteiger partial charge in [0, 0.05) is 22.2 Å². The van der Waals surface area contributed by atoms with Gasteiger partial charge in [-0.15, -0.1) is 0 Å². The van der Waals surface area contributed by atoms with Gasteiger partial charge in [0.05, 0.1) is 13.2 Å². The molecule has 0 fully saturated rings. The molecular formula is C15H14ClF2NO. The summed E-state index contributed by atoms with van der Waals surface area (Å²) in [7, 11) is 1.48. The number of nitrogens with two attached hydrogens (primary N) is 1. The lowest BCUT2D eigenvalue weighted by Gasteiger charge is -2.17. The fourth-order valence-electron chi connectivity index (χ4n) is 2.03. The predicted molar refractivity (Wildman–Crippen MR) is 75.1 cm³/mol. The summed E-state index contributed by atoms with van der Waals surface area (Å²) in [5.41, 5.74) is 7.21. The van der Waals surface area contributed by atoms with Crippen molar-refractivity contribution in [3.05, 3.63) is 63.7 Å². The van der Waals surface area contributed by atoms with E-state index in [0.717, 1.165) is 6.07 Å². The molecule has 0 spiro atoms. The Kier molecular flexibility index (Phi) is 4.26. The Morgan fingerprint density at radius 1 is 1.10 bits per heavy atom. The zero-order valence-corrected chi connectivity index (χ0v) is 11.8. The van der Waals surface area contributed by atoms with Crippen molar-refractivity contribution in [1.29, 1.82) is 0 Å². The number of hydrogen-bond acceptors (Lipinski definition) is 2. The van der Waals surface area contributed by atoms with Gasteiger partial charge in [0.2, 0.25) is 0 Å². The Morgan fingerprint density at radius 2 is 1.80 bits per heavy atom.